The normalized spacial score (nSPS) is 12.2. The Morgan fingerprint density at radius 3 is 2.56 bits per heavy atom. The zero-order valence-corrected chi connectivity index (χ0v) is 9.99. The molecule has 1 N–H and O–H groups in total. The van der Waals surface area contributed by atoms with Crippen LogP contribution in [0.25, 0.3) is 0 Å². The third kappa shape index (κ3) is 2.99. The summed E-state index contributed by atoms with van der Waals surface area (Å²) in [5.74, 6) is -0.267. The van der Waals surface area contributed by atoms with E-state index in [2.05, 4.69) is 13.0 Å². The summed E-state index contributed by atoms with van der Waals surface area (Å²) in [7, 11) is 0. The van der Waals surface area contributed by atoms with Crippen LogP contribution >= 0.6 is 0 Å². The van der Waals surface area contributed by atoms with Gasteiger partial charge in [-0.1, -0.05) is 26.0 Å². The molecule has 0 heterocycles. The van der Waals surface area contributed by atoms with Crippen LogP contribution in [0.4, 0.5) is 0 Å². The summed E-state index contributed by atoms with van der Waals surface area (Å²) in [5, 5.41) is 8.78. The molecule has 0 aliphatic heterocycles. The molecule has 3 nitrogen and oxygen atoms in total. The number of hydrogen-bond acceptors (Lipinski definition) is 2. The average molecular weight is 222 g/mol. The molecule has 1 aromatic carbocycles. The first-order valence-electron chi connectivity index (χ1n) is 5.59. The fourth-order valence-corrected chi connectivity index (χ4v) is 1.48. The first kappa shape index (κ1) is 12.6. The lowest BCUT2D eigenvalue weighted by Crippen LogP contribution is -2.23. The molecule has 0 aliphatic carbocycles. The van der Waals surface area contributed by atoms with Crippen LogP contribution in [0.5, 0.6) is 5.75 Å². The molecule has 0 aromatic heterocycles. The number of aryl methyl sites for hydroxylation is 2. The van der Waals surface area contributed by atoms with Gasteiger partial charge in [0.1, 0.15) is 5.75 Å². The number of aliphatic carboxylic acids is 1. The highest BCUT2D eigenvalue weighted by Crippen LogP contribution is 2.22. The lowest BCUT2D eigenvalue weighted by Gasteiger charge is -2.14. The lowest BCUT2D eigenvalue weighted by molar-refractivity contribution is -0.144. The van der Waals surface area contributed by atoms with Crippen molar-refractivity contribution in [2.24, 2.45) is 0 Å². The highest BCUT2D eigenvalue weighted by Gasteiger charge is 2.14. The van der Waals surface area contributed by atoms with E-state index in [9.17, 15) is 4.79 Å². The van der Waals surface area contributed by atoms with Gasteiger partial charge in [-0.05, 0) is 37.0 Å². The fourth-order valence-electron chi connectivity index (χ4n) is 1.48. The minimum absolute atomic E-state index is 0.676. The van der Waals surface area contributed by atoms with Crippen molar-refractivity contribution in [1.82, 2.24) is 0 Å². The Balaban J connectivity index is 2.91. The molecule has 1 aromatic rings. The molecule has 0 radical (unpaired) electrons. The fraction of sp³-hybridized carbons (Fsp3) is 0.462. The number of carboxylic acid groups (broad SMARTS) is 1. The van der Waals surface area contributed by atoms with Crippen molar-refractivity contribution < 1.29 is 14.6 Å². The van der Waals surface area contributed by atoms with Gasteiger partial charge in [-0.15, -0.1) is 0 Å². The van der Waals surface area contributed by atoms with Crippen LogP contribution in [-0.2, 0) is 17.6 Å². The molecule has 0 fully saturated rings. The number of ether oxygens (including phenoxy) is 1. The average Bonchev–Trinajstić information content (AvgIpc) is 2.29. The summed E-state index contributed by atoms with van der Waals surface area (Å²) in [4.78, 5) is 10.7. The van der Waals surface area contributed by atoms with E-state index in [1.165, 1.54) is 12.5 Å². The smallest absolute Gasteiger partial charge is 0.344 e. The van der Waals surface area contributed by atoms with Crippen molar-refractivity contribution in [1.29, 1.82) is 0 Å². The maximum absolute atomic E-state index is 10.7. The van der Waals surface area contributed by atoms with Gasteiger partial charge in [0.25, 0.3) is 0 Å². The topological polar surface area (TPSA) is 46.5 Å². The molecule has 1 unspecified atom stereocenters. The Kier molecular flexibility index (Phi) is 4.35. The van der Waals surface area contributed by atoms with Gasteiger partial charge in [0, 0.05) is 0 Å². The molecule has 0 spiro atoms. The third-order valence-corrected chi connectivity index (χ3v) is 2.57. The van der Waals surface area contributed by atoms with Gasteiger partial charge >= 0.3 is 5.97 Å². The highest BCUT2D eigenvalue weighted by atomic mass is 16.5. The molecular formula is C13H18O3. The predicted octanol–water partition coefficient (Wildman–Crippen LogP) is 2.66. The first-order valence-corrected chi connectivity index (χ1v) is 5.59. The van der Waals surface area contributed by atoms with E-state index in [0.717, 1.165) is 18.4 Å². The summed E-state index contributed by atoms with van der Waals surface area (Å²) < 4.78 is 5.40. The van der Waals surface area contributed by atoms with Crippen molar-refractivity contribution in [3.63, 3.8) is 0 Å². The molecule has 0 bridgehead atoms. The van der Waals surface area contributed by atoms with E-state index in [1.807, 2.05) is 19.1 Å². The van der Waals surface area contributed by atoms with Crippen LogP contribution in [0.2, 0.25) is 0 Å². The van der Waals surface area contributed by atoms with Crippen LogP contribution in [0, 0.1) is 0 Å². The molecule has 16 heavy (non-hydrogen) atoms. The number of carboxylic acids is 1. The Bertz CT molecular complexity index is 371. The molecule has 3 heteroatoms. The van der Waals surface area contributed by atoms with Gasteiger partial charge in [0.15, 0.2) is 6.10 Å². The Morgan fingerprint density at radius 1 is 1.38 bits per heavy atom. The van der Waals surface area contributed by atoms with E-state index in [-0.39, 0.29) is 0 Å². The summed E-state index contributed by atoms with van der Waals surface area (Å²) in [6.45, 7) is 5.66. The maximum atomic E-state index is 10.7. The predicted molar refractivity (Wildman–Crippen MR) is 62.9 cm³/mol. The van der Waals surface area contributed by atoms with Gasteiger partial charge in [0.05, 0.1) is 0 Å². The second-order valence-corrected chi connectivity index (χ2v) is 3.75. The van der Waals surface area contributed by atoms with Gasteiger partial charge in [0.2, 0.25) is 0 Å². The van der Waals surface area contributed by atoms with E-state index < -0.39 is 12.1 Å². The van der Waals surface area contributed by atoms with E-state index in [1.54, 1.807) is 0 Å². The van der Waals surface area contributed by atoms with E-state index in [0.29, 0.717) is 5.75 Å². The standard InChI is InChI=1S/C13H18O3/c1-4-10-6-7-12(11(5-2)8-10)16-9(3)13(14)15/h6-9H,4-5H2,1-3H3,(H,14,15). The molecular weight excluding hydrogens is 204 g/mol. The van der Waals surface area contributed by atoms with Crippen molar-refractivity contribution in [2.45, 2.75) is 39.7 Å². The number of benzene rings is 1. The SMILES string of the molecule is CCc1ccc(OC(C)C(=O)O)c(CC)c1. The van der Waals surface area contributed by atoms with Gasteiger partial charge in [-0.3, -0.25) is 0 Å². The Morgan fingerprint density at radius 2 is 2.06 bits per heavy atom. The molecule has 1 rings (SSSR count). The van der Waals surface area contributed by atoms with Gasteiger partial charge < -0.3 is 9.84 Å². The van der Waals surface area contributed by atoms with Crippen LogP contribution < -0.4 is 4.74 Å². The minimum atomic E-state index is -0.943. The van der Waals surface area contributed by atoms with Crippen LogP contribution in [0.15, 0.2) is 18.2 Å². The third-order valence-electron chi connectivity index (χ3n) is 2.57. The van der Waals surface area contributed by atoms with Gasteiger partial charge in [-0.25, -0.2) is 4.79 Å². The van der Waals surface area contributed by atoms with Crippen molar-refractivity contribution >= 4 is 5.97 Å². The second-order valence-electron chi connectivity index (χ2n) is 3.75. The number of hydrogen-bond donors (Lipinski definition) is 1. The Labute approximate surface area is 96.1 Å². The number of carbonyl (C=O) groups is 1. The van der Waals surface area contributed by atoms with Gasteiger partial charge in [-0.2, -0.15) is 0 Å². The van der Waals surface area contributed by atoms with E-state index >= 15 is 0 Å². The summed E-state index contributed by atoms with van der Waals surface area (Å²) >= 11 is 0. The molecule has 0 saturated carbocycles. The van der Waals surface area contributed by atoms with Crippen LogP contribution in [-0.4, -0.2) is 17.2 Å². The molecule has 0 aliphatic rings. The lowest BCUT2D eigenvalue weighted by atomic mass is 10.1. The molecule has 1 atom stereocenters. The minimum Gasteiger partial charge on any atom is -0.479 e. The maximum Gasteiger partial charge on any atom is 0.344 e. The monoisotopic (exact) mass is 222 g/mol. The zero-order valence-electron chi connectivity index (χ0n) is 9.99. The quantitative estimate of drug-likeness (QED) is 0.833. The summed E-state index contributed by atoms with van der Waals surface area (Å²) in [6, 6.07) is 5.91. The summed E-state index contributed by atoms with van der Waals surface area (Å²) in [5.41, 5.74) is 2.31. The highest BCUT2D eigenvalue weighted by molar-refractivity contribution is 5.72. The molecule has 88 valence electrons. The van der Waals surface area contributed by atoms with Crippen LogP contribution in [0.3, 0.4) is 0 Å². The van der Waals surface area contributed by atoms with Crippen LogP contribution in [0.1, 0.15) is 31.9 Å². The first-order chi connectivity index (χ1) is 7.58. The molecule has 0 saturated heterocycles. The van der Waals surface area contributed by atoms with E-state index in [4.69, 9.17) is 9.84 Å². The summed E-state index contributed by atoms with van der Waals surface area (Å²) in [6.07, 6.45) is 1.01. The van der Waals surface area contributed by atoms with Crippen molar-refractivity contribution in [3.05, 3.63) is 29.3 Å². The second kappa shape index (κ2) is 5.54. The molecule has 0 amide bonds. The van der Waals surface area contributed by atoms with Crippen molar-refractivity contribution in [2.75, 3.05) is 0 Å². The Hall–Kier alpha value is -1.51. The number of rotatable bonds is 5. The zero-order chi connectivity index (χ0) is 12.1. The largest absolute Gasteiger partial charge is 0.479 e. The van der Waals surface area contributed by atoms with Crippen molar-refractivity contribution in [3.8, 4) is 5.75 Å².